The van der Waals surface area contributed by atoms with Crippen LogP contribution >= 0.6 is 0 Å². The van der Waals surface area contributed by atoms with Crippen molar-refractivity contribution in [3.8, 4) is 11.5 Å². The number of Topliss-reactive ketones (excluding diaryl/α,β-unsaturated/α-hetero) is 1. The normalized spacial score (nSPS) is 13.6. The molecule has 0 atom stereocenters. The fourth-order valence-corrected chi connectivity index (χ4v) is 2.45. The molecule has 0 fully saturated rings. The van der Waals surface area contributed by atoms with E-state index in [1.54, 1.807) is 6.07 Å². The molecule has 0 N–H and O–H groups in total. The average molecular weight is 282 g/mol. The lowest BCUT2D eigenvalue weighted by Gasteiger charge is -2.09. The number of ketones is 1. The van der Waals surface area contributed by atoms with Crippen molar-refractivity contribution in [2.75, 3.05) is 13.2 Å². The van der Waals surface area contributed by atoms with Crippen molar-refractivity contribution < 1.29 is 14.3 Å². The molecule has 3 nitrogen and oxygen atoms in total. The predicted molar refractivity (Wildman–Crippen MR) is 81.3 cm³/mol. The Morgan fingerprint density at radius 2 is 1.86 bits per heavy atom. The molecule has 1 aliphatic rings. The van der Waals surface area contributed by atoms with E-state index < -0.39 is 0 Å². The lowest BCUT2D eigenvalue weighted by Crippen LogP contribution is -2.04. The third-order valence-electron chi connectivity index (χ3n) is 3.52. The summed E-state index contributed by atoms with van der Waals surface area (Å²) in [5.41, 5.74) is 2.87. The van der Waals surface area contributed by atoms with Crippen LogP contribution in [0.4, 0.5) is 0 Å². The van der Waals surface area contributed by atoms with Crippen LogP contribution in [0.2, 0.25) is 0 Å². The standard InChI is InChI=1S/C18H18O3/c1-13-4-2-5-14(10-13)11-16(19)15-6-7-17-18(12-15)21-9-3-8-20-17/h2,4-7,10,12H,3,8-9,11H2,1H3. The van der Waals surface area contributed by atoms with Crippen LogP contribution in [0.15, 0.2) is 42.5 Å². The molecule has 0 saturated heterocycles. The Balaban J connectivity index is 1.80. The van der Waals surface area contributed by atoms with E-state index in [-0.39, 0.29) is 5.78 Å². The molecule has 0 unspecified atom stereocenters. The molecule has 1 heterocycles. The van der Waals surface area contributed by atoms with Crippen LogP contribution in [0.3, 0.4) is 0 Å². The van der Waals surface area contributed by atoms with E-state index in [1.807, 2.05) is 43.3 Å². The van der Waals surface area contributed by atoms with Crippen molar-refractivity contribution in [2.24, 2.45) is 0 Å². The predicted octanol–water partition coefficient (Wildman–Crippen LogP) is 3.58. The second-order valence-corrected chi connectivity index (χ2v) is 5.30. The van der Waals surface area contributed by atoms with Gasteiger partial charge in [-0.3, -0.25) is 4.79 Å². The molecule has 2 aromatic rings. The minimum Gasteiger partial charge on any atom is -0.490 e. The molecule has 3 heteroatoms. The molecule has 108 valence electrons. The van der Waals surface area contributed by atoms with Gasteiger partial charge in [-0.05, 0) is 30.7 Å². The highest BCUT2D eigenvalue weighted by atomic mass is 16.5. The second kappa shape index (κ2) is 6.00. The van der Waals surface area contributed by atoms with Gasteiger partial charge in [0.05, 0.1) is 13.2 Å². The maximum Gasteiger partial charge on any atom is 0.167 e. The fourth-order valence-electron chi connectivity index (χ4n) is 2.45. The van der Waals surface area contributed by atoms with E-state index in [9.17, 15) is 4.79 Å². The van der Waals surface area contributed by atoms with Gasteiger partial charge in [0.15, 0.2) is 17.3 Å². The van der Waals surface area contributed by atoms with Crippen LogP contribution in [0.25, 0.3) is 0 Å². The van der Waals surface area contributed by atoms with E-state index in [4.69, 9.17) is 9.47 Å². The van der Waals surface area contributed by atoms with Crippen molar-refractivity contribution in [3.05, 3.63) is 59.2 Å². The van der Waals surface area contributed by atoms with Crippen LogP contribution < -0.4 is 9.47 Å². The van der Waals surface area contributed by atoms with Gasteiger partial charge < -0.3 is 9.47 Å². The first-order chi connectivity index (χ1) is 10.2. The zero-order chi connectivity index (χ0) is 14.7. The Morgan fingerprint density at radius 3 is 2.67 bits per heavy atom. The molecule has 0 bridgehead atoms. The number of rotatable bonds is 3. The van der Waals surface area contributed by atoms with Crippen LogP contribution in [0, 0.1) is 6.92 Å². The molecule has 0 amide bonds. The number of hydrogen-bond donors (Lipinski definition) is 0. The molecule has 0 spiro atoms. The van der Waals surface area contributed by atoms with Gasteiger partial charge in [-0.1, -0.05) is 29.8 Å². The van der Waals surface area contributed by atoms with E-state index in [0.717, 1.165) is 17.7 Å². The minimum atomic E-state index is 0.0937. The van der Waals surface area contributed by atoms with Gasteiger partial charge in [0, 0.05) is 18.4 Å². The quantitative estimate of drug-likeness (QED) is 0.807. The first-order valence-corrected chi connectivity index (χ1v) is 7.21. The van der Waals surface area contributed by atoms with Crippen LogP contribution in [0.1, 0.15) is 27.9 Å². The molecule has 2 aromatic carbocycles. The summed E-state index contributed by atoms with van der Waals surface area (Å²) in [4.78, 5) is 12.4. The zero-order valence-corrected chi connectivity index (χ0v) is 12.1. The lowest BCUT2D eigenvalue weighted by atomic mass is 10.0. The Hall–Kier alpha value is -2.29. The third-order valence-corrected chi connectivity index (χ3v) is 3.52. The monoisotopic (exact) mass is 282 g/mol. The average Bonchev–Trinajstić information content (AvgIpc) is 2.71. The minimum absolute atomic E-state index is 0.0937. The Bertz CT molecular complexity index is 661. The number of ether oxygens (including phenoxy) is 2. The number of hydrogen-bond acceptors (Lipinski definition) is 3. The Kier molecular flexibility index (Phi) is 3.91. The maximum absolute atomic E-state index is 12.4. The Labute approximate surface area is 124 Å². The van der Waals surface area contributed by atoms with E-state index >= 15 is 0 Å². The van der Waals surface area contributed by atoms with E-state index in [0.29, 0.717) is 30.9 Å². The second-order valence-electron chi connectivity index (χ2n) is 5.30. The van der Waals surface area contributed by atoms with E-state index in [1.165, 1.54) is 5.56 Å². The number of aryl methyl sites for hydroxylation is 1. The number of carbonyl (C=O) groups excluding carboxylic acids is 1. The van der Waals surface area contributed by atoms with Crippen molar-refractivity contribution in [2.45, 2.75) is 19.8 Å². The van der Waals surface area contributed by atoms with Crippen LogP contribution in [0.5, 0.6) is 11.5 Å². The summed E-state index contributed by atoms with van der Waals surface area (Å²) >= 11 is 0. The maximum atomic E-state index is 12.4. The van der Waals surface area contributed by atoms with E-state index in [2.05, 4.69) is 0 Å². The van der Waals surface area contributed by atoms with Crippen LogP contribution in [-0.2, 0) is 6.42 Å². The first-order valence-electron chi connectivity index (χ1n) is 7.21. The molecule has 0 aromatic heterocycles. The number of fused-ring (bicyclic) bond motifs is 1. The summed E-state index contributed by atoms with van der Waals surface area (Å²) in [7, 11) is 0. The zero-order valence-electron chi connectivity index (χ0n) is 12.1. The van der Waals surface area contributed by atoms with Crippen LogP contribution in [-0.4, -0.2) is 19.0 Å². The Morgan fingerprint density at radius 1 is 1.05 bits per heavy atom. The molecule has 0 radical (unpaired) electrons. The van der Waals surface area contributed by atoms with Gasteiger partial charge in [-0.25, -0.2) is 0 Å². The summed E-state index contributed by atoms with van der Waals surface area (Å²) in [6.45, 7) is 3.31. The highest BCUT2D eigenvalue weighted by molar-refractivity contribution is 5.98. The summed E-state index contributed by atoms with van der Waals surface area (Å²) in [5.74, 6) is 1.48. The first kappa shape index (κ1) is 13.7. The van der Waals surface area contributed by atoms with Crippen molar-refractivity contribution in [1.82, 2.24) is 0 Å². The highest BCUT2D eigenvalue weighted by Gasteiger charge is 2.14. The van der Waals surface area contributed by atoms with Gasteiger partial charge in [-0.2, -0.15) is 0 Å². The lowest BCUT2D eigenvalue weighted by molar-refractivity contribution is 0.0992. The van der Waals surface area contributed by atoms with Crippen molar-refractivity contribution in [3.63, 3.8) is 0 Å². The number of benzene rings is 2. The van der Waals surface area contributed by atoms with Gasteiger partial charge in [-0.15, -0.1) is 0 Å². The number of carbonyl (C=O) groups is 1. The SMILES string of the molecule is Cc1cccc(CC(=O)c2ccc3c(c2)OCCCO3)c1. The van der Waals surface area contributed by atoms with Gasteiger partial charge in [0.2, 0.25) is 0 Å². The van der Waals surface area contributed by atoms with Gasteiger partial charge in [0.25, 0.3) is 0 Å². The smallest absolute Gasteiger partial charge is 0.167 e. The van der Waals surface area contributed by atoms with Gasteiger partial charge >= 0.3 is 0 Å². The van der Waals surface area contributed by atoms with Crippen molar-refractivity contribution >= 4 is 5.78 Å². The van der Waals surface area contributed by atoms with Crippen molar-refractivity contribution in [1.29, 1.82) is 0 Å². The molecular formula is C18H18O3. The molecule has 3 rings (SSSR count). The molecule has 1 aliphatic heterocycles. The van der Waals surface area contributed by atoms with Gasteiger partial charge in [0.1, 0.15) is 0 Å². The summed E-state index contributed by atoms with van der Waals surface area (Å²) in [6.07, 6.45) is 1.27. The molecule has 0 saturated carbocycles. The topological polar surface area (TPSA) is 35.5 Å². The fraction of sp³-hybridized carbons (Fsp3) is 0.278. The summed E-state index contributed by atoms with van der Waals surface area (Å²) < 4.78 is 11.2. The molecule has 0 aliphatic carbocycles. The molecular weight excluding hydrogens is 264 g/mol. The summed E-state index contributed by atoms with van der Waals surface area (Å²) in [5, 5.41) is 0. The third kappa shape index (κ3) is 3.24. The highest BCUT2D eigenvalue weighted by Crippen LogP contribution is 2.30. The molecule has 21 heavy (non-hydrogen) atoms. The summed E-state index contributed by atoms with van der Waals surface area (Å²) in [6, 6.07) is 13.5. The largest absolute Gasteiger partial charge is 0.490 e.